The van der Waals surface area contributed by atoms with Gasteiger partial charge in [-0.1, -0.05) is 25.8 Å². The maximum atomic E-state index is 11.7. The number of aromatic nitrogens is 2. The zero-order valence-electron chi connectivity index (χ0n) is 14.4. The van der Waals surface area contributed by atoms with Gasteiger partial charge in [-0.2, -0.15) is 0 Å². The smallest absolute Gasteiger partial charge is 0.327 e. The van der Waals surface area contributed by atoms with Gasteiger partial charge in [0.25, 0.3) is 5.56 Å². The minimum Gasteiger partial charge on any atom is -0.373 e. The van der Waals surface area contributed by atoms with Crippen molar-refractivity contribution >= 4 is 11.5 Å². The molecule has 0 radical (unpaired) electrons. The molecule has 24 heavy (non-hydrogen) atoms. The molecule has 2 rings (SSSR count). The van der Waals surface area contributed by atoms with E-state index in [2.05, 4.69) is 16.9 Å². The second kappa shape index (κ2) is 7.97. The normalized spacial score (nSPS) is 12.2. The molecule has 0 spiro atoms. The number of nitrogens with zero attached hydrogens (tertiary/aromatic N) is 1. The van der Waals surface area contributed by atoms with Crippen molar-refractivity contribution in [3.63, 3.8) is 0 Å². The second-order valence-corrected chi connectivity index (χ2v) is 6.09. The fourth-order valence-electron chi connectivity index (χ4n) is 2.64. The zero-order chi connectivity index (χ0) is 17.7. The van der Waals surface area contributed by atoms with E-state index in [4.69, 9.17) is 0 Å². The van der Waals surface area contributed by atoms with Gasteiger partial charge >= 0.3 is 5.69 Å². The third-order valence-electron chi connectivity index (χ3n) is 4.14. The molecule has 6 nitrogen and oxygen atoms in total. The molecule has 0 saturated heterocycles. The van der Waals surface area contributed by atoms with Crippen LogP contribution in [0.25, 0.3) is 0 Å². The summed E-state index contributed by atoms with van der Waals surface area (Å²) in [6.07, 6.45) is 2.67. The molecule has 1 aromatic heterocycles. The van der Waals surface area contributed by atoms with Gasteiger partial charge in [-0.15, -0.1) is 0 Å². The lowest BCUT2D eigenvalue weighted by Gasteiger charge is -2.30. The molecule has 0 aliphatic heterocycles. The van der Waals surface area contributed by atoms with Gasteiger partial charge in [0.05, 0.1) is 0 Å². The van der Waals surface area contributed by atoms with Crippen molar-refractivity contribution in [3.8, 4) is 0 Å². The lowest BCUT2D eigenvalue weighted by Crippen LogP contribution is -2.35. The van der Waals surface area contributed by atoms with E-state index in [1.807, 2.05) is 32.0 Å². The first-order valence-corrected chi connectivity index (χ1v) is 8.30. The van der Waals surface area contributed by atoms with Gasteiger partial charge in [-0.05, 0) is 49.9 Å². The van der Waals surface area contributed by atoms with E-state index < -0.39 is 17.5 Å². The molecule has 0 saturated carbocycles. The fourth-order valence-corrected chi connectivity index (χ4v) is 2.64. The maximum Gasteiger partial charge on any atom is 0.327 e. The number of rotatable bonds is 7. The standard InChI is InChI=1S/C18H25N3O3/c1-4-5-6-7-17(23)21(14-9-8-12(2)13(3)10-14)15-11-16(22)20-18(24)19-15/h8-11,17,23H,4-7H2,1-3H3,(H2,19,20,22,24). The average molecular weight is 331 g/mol. The van der Waals surface area contributed by atoms with E-state index in [0.717, 1.165) is 36.1 Å². The molecule has 0 fully saturated rings. The van der Waals surface area contributed by atoms with E-state index in [1.165, 1.54) is 6.07 Å². The quantitative estimate of drug-likeness (QED) is 0.537. The summed E-state index contributed by atoms with van der Waals surface area (Å²) in [4.78, 5) is 29.7. The molecule has 3 N–H and O–H groups in total. The van der Waals surface area contributed by atoms with Gasteiger partial charge in [-0.3, -0.25) is 14.8 Å². The summed E-state index contributed by atoms with van der Waals surface area (Å²) in [5, 5.41) is 10.7. The van der Waals surface area contributed by atoms with Crippen LogP contribution in [0.3, 0.4) is 0 Å². The SMILES string of the molecule is CCCCCC(O)N(c1ccc(C)c(C)c1)c1cc(=O)[nH]c(=O)[nH]1. The number of unbranched alkanes of at least 4 members (excludes halogenated alkanes) is 2. The Labute approximate surface area is 141 Å². The van der Waals surface area contributed by atoms with Crippen LogP contribution >= 0.6 is 0 Å². The Morgan fingerprint density at radius 1 is 1.08 bits per heavy atom. The molecule has 2 aromatic rings. The van der Waals surface area contributed by atoms with E-state index in [0.29, 0.717) is 6.42 Å². The Morgan fingerprint density at radius 3 is 2.46 bits per heavy atom. The molecule has 0 aliphatic carbocycles. The highest BCUT2D eigenvalue weighted by atomic mass is 16.3. The maximum absolute atomic E-state index is 11.7. The highest BCUT2D eigenvalue weighted by Crippen LogP contribution is 2.28. The number of aryl methyl sites for hydroxylation is 2. The van der Waals surface area contributed by atoms with Crippen LogP contribution in [0.2, 0.25) is 0 Å². The molecule has 1 atom stereocenters. The van der Waals surface area contributed by atoms with E-state index in [-0.39, 0.29) is 5.82 Å². The van der Waals surface area contributed by atoms with Crippen LogP contribution in [0.1, 0.15) is 43.7 Å². The number of nitrogens with one attached hydrogen (secondary N) is 2. The fraction of sp³-hybridized carbons (Fsp3) is 0.444. The third-order valence-corrected chi connectivity index (χ3v) is 4.14. The summed E-state index contributed by atoms with van der Waals surface area (Å²) in [6.45, 7) is 6.10. The minimum absolute atomic E-state index is 0.288. The van der Waals surface area contributed by atoms with Gasteiger partial charge in [-0.25, -0.2) is 4.79 Å². The summed E-state index contributed by atoms with van der Waals surface area (Å²) in [7, 11) is 0. The van der Waals surface area contributed by atoms with Gasteiger partial charge in [0, 0.05) is 11.8 Å². The number of aromatic amines is 2. The van der Waals surface area contributed by atoms with E-state index in [9.17, 15) is 14.7 Å². The highest BCUT2D eigenvalue weighted by Gasteiger charge is 2.20. The summed E-state index contributed by atoms with van der Waals surface area (Å²) < 4.78 is 0. The van der Waals surface area contributed by atoms with Crippen LogP contribution in [0.15, 0.2) is 33.9 Å². The van der Waals surface area contributed by atoms with Crippen LogP contribution in [0, 0.1) is 13.8 Å². The number of aliphatic hydroxyl groups is 1. The Balaban J connectivity index is 2.45. The zero-order valence-corrected chi connectivity index (χ0v) is 14.4. The van der Waals surface area contributed by atoms with Gasteiger partial charge in [0.2, 0.25) is 0 Å². The first kappa shape index (κ1) is 18.0. The Kier molecular flexibility index (Phi) is 5.98. The van der Waals surface area contributed by atoms with Crippen molar-refractivity contribution < 1.29 is 5.11 Å². The van der Waals surface area contributed by atoms with Crippen molar-refractivity contribution in [3.05, 3.63) is 56.2 Å². The second-order valence-electron chi connectivity index (χ2n) is 6.09. The molecular weight excluding hydrogens is 306 g/mol. The Bertz CT molecular complexity index is 766. The highest BCUT2D eigenvalue weighted by molar-refractivity contribution is 5.61. The number of hydrogen-bond donors (Lipinski definition) is 3. The van der Waals surface area contributed by atoms with Crippen LogP contribution in [-0.2, 0) is 0 Å². The molecule has 1 unspecified atom stereocenters. The summed E-state index contributed by atoms with van der Waals surface area (Å²) in [5.41, 5.74) is 1.86. The topological polar surface area (TPSA) is 89.2 Å². The molecule has 130 valence electrons. The van der Waals surface area contributed by atoms with Crippen molar-refractivity contribution in [1.82, 2.24) is 9.97 Å². The van der Waals surface area contributed by atoms with Gasteiger partial charge in [0.1, 0.15) is 12.0 Å². The lowest BCUT2D eigenvalue weighted by atomic mass is 10.1. The van der Waals surface area contributed by atoms with Crippen LogP contribution in [0.5, 0.6) is 0 Å². The molecule has 1 aromatic carbocycles. The summed E-state index contributed by atoms with van der Waals surface area (Å²) in [6, 6.07) is 7.07. The number of benzene rings is 1. The van der Waals surface area contributed by atoms with E-state index in [1.54, 1.807) is 4.90 Å². The van der Waals surface area contributed by atoms with Crippen molar-refractivity contribution in [2.24, 2.45) is 0 Å². The third kappa shape index (κ3) is 4.35. The number of aliphatic hydroxyl groups excluding tert-OH is 1. The predicted molar refractivity (Wildman–Crippen MR) is 95.9 cm³/mol. The van der Waals surface area contributed by atoms with Crippen LogP contribution < -0.4 is 16.1 Å². The first-order valence-electron chi connectivity index (χ1n) is 8.30. The van der Waals surface area contributed by atoms with Gasteiger partial charge in [0.15, 0.2) is 0 Å². The molecule has 0 bridgehead atoms. The lowest BCUT2D eigenvalue weighted by molar-refractivity contribution is 0.166. The number of hydrogen-bond acceptors (Lipinski definition) is 4. The van der Waals surface area contributed by atoms with Crippen LogP contribution in [-0.4, -0.2) is 21.3 Å². The first-order chi connectivity index (χ1) is 11.4. The largest absolute Gasteiger partial charge is 0.373 e. The molecule has 6 heteroatoms. The summed E-state index contributed by atoms with van der Waals surface area (Å²) >= 11 is 0. The summed E-state index contributed by atoms with van der Waals surface area (Å²) in [5.74, 6) is 0.288. The van der Waals surface area contributed by atoms with Crippen LogP contribution in [0.4, 0.5) is 11.5 Å². The molecule has 1 heterocycles. The van der Waals surface area contributed by atoms with E-state index >= 15 is 0 Å². The van der Waals surface area contributed by atoms with Crippen molar-refractivity contribution in [2.45, 2.75) is 52.7 Å². The average Bonchev–Trinajstić information content (AvgIpc) is 2.50. The number of anilines is 2. The molecule has 0 aliphatic rings. The van der Waals surface area contributed by atoms with Gasteiger partial charge < -0.3 is 10.0 Å². The van der Waals surface area contributed by atoms with Crippen molar-refractivity contribution in [2.75, 3.05) is 4.90 Å². The molecule has 0 amide bonds. The Hall–Kier alpha value is -2.34. The number of H-pyrrole nitrogens is 2. The monoisotopic (exact) mass is 331 g/mol. The molecular formula is C18H25N3O3. The van der Waals surface area contributed by atoms with Crippen molar-refractivity contribution in [1.29, 1.82) is 0 Å². The Morgan fingerprint density at radius 2 is 1.83 bits per heavy atom. The minimum atomic E-state index is -0.823. The predicted octanol–water partition coefficient (Wildman–Crippen LogP) is 2.72.